The highest BCUT2D eigenvalue weighted by Gasteiger charge is 2.11. The lowest BCUT2D eigenvalue weighted by molar-refractivity contribution is 0.602. The molecule has 0 radical (unpaired) electrons. The van der Waals surface area contributed by atoms with Crippen LogP contribution >= 0.6 is 0 Å². The summed E-state index contributed by atoms with van der Waals surface area (Å²) in [6.07, 6.45) is 3.00. The Bertz CT molecular complexity index is 674. The van der Waals surface area contributed by atoms with E-state index in [1.807, 2.05) is 24.3 Å². The van der Waals surface area contributed by atoms with Crippen molar-refractivity contribution in [3.05, 3.63) is 48.3 Å². The normalized spacial score (nSPS) is 11.8. The van der Waals surface area contributed by atoms with Crippen LogP contribution in [0.2, 0.25) is 0 Å². The molecule has 0 unspecified atom stereocenters. The quantitative estimate of drug-likeness (QED) is 0.863. The number of rotatable bonds is 3. The van der Waals surface area contributed by atoms with Crippen LogP contribution in [-0.2, 0) is 9.84 Å². The maximum absolute atomic E-state index is 11.4. The third-order valence-corrected chi connectivity index (χ3v) is 4.11. The van der Waals surface area contributed by atoms with Crippen molar-refractivity contribution < 1.29 is 8.42 Å². The maximum Gasteiger partial charge on any atom is 0.175 e. The van der Waals surface area contributed by atoms with Crippen LogP contribution in [0.4, 0.5) is 0 Å². The number of hydrogen-bond acceptors (Lipinski definition) is 3. The van der Waals surface area contributed by atoms with Gasteiger partial charge in [0.05, 0.1) is 10.6 Å². The standard InChI is InChI=1S/C15H17NO2S/c1-11(2)15-14(5-4-10-16-15)12-6-8-13(9-7-12)19(3,17)18/h4-11H,1-3H3. The summed E-state index contributed by atoms with van der Waals surface area (Å²) in [6.45, 7) is 4.19. The van der Waals surface area contributed by atoms with Gasteiger partial charge in [0, 0.05) is 18.0 Å². The smallest absolute Gasteiger partial charge is 0.175 e. The Morgan fingerprint density at radius 1 is 1.05 bits per heavy atom. The van der Waals surface area contributed by atoms with Crippen LogP contribution in [0.3, 0.4) is 0 Å². The Kier molecular flexibility index (Phi) is 3.71. The zero-order valence-corrected chi connectivity index (χ0v) is 12.1. The largest absolute Gasteiger partial charge is 0.260 e. The van der Waals surface area contributed by atoms with Gasteiger partial charge in [0.2, 0.25) is 0 Å². The monoisotopic (exact) mass is 275 g/mol. The molecule has 0 aliphatic carbocycles. The van der Waals surface area contributed by atoms with Crippen LogP contribution in [0, 0.1) is 0 Å². The van der Waals surface area contributed by atoms with E-state index in [2.05, 4.69) is 18.8 Å². The molecule has 0 N–H and O–H groups in total. The molecular weight excluding hydrogens is 258 g/mol. The van der Waals surface area contributed by atoms with Gasteiger partial charge in [-0.05, 0) is 29.7 Å². The lowest BCUT2D eigenvalue weighted by Crippen LogP contribution is -1.98. The Morgan fingerprint density at radius 3 is 2.21 bits per heavy atom. The molecule has 1 heterocycles. The van der Waals surface area contributed by atoms with Crippen molar-refractivity contribution in [1.29, 1.82) is 0 Å². The van der Waals surface area contributed by atoms with Gasteiger partial charge in [-0.25, -0.2) is 8.42 Å². The molecule has 0 saturated carbocycles. The van der Waals surface area contributed by atoms with Gasteiger partial charge in [0.15, 0.2) is 9.84 Å². The molecule has 2 aromatic rings. The minimum absolute atomic E-state index is 0.325. The van der Waals surface area contributed by atoms with E-state index in [9.17, 15) is 8.42 Å². The summed E-state index contributed by atoms with van der Waals surface area (Å²) in [6, 6.07) is 10.9. The minimum atomic E-state index is -3.14. The van der Waals surface area contributed by atoms with E-state index in [0.717, 1.165) is 16.8 Å². The molecular formula is C15H17NO2S. The van der Waals surface area contributed by atoms with Crippen molar-refractivity contribution in [2.45, 2.75) is 24.7 Å². The molecule has 0 atom stereocenters. The van der Waals surface area contributed by atoms with E-state index < -0.39 is 9.84 Å². The van der Waals surface area contributed by atoms with Crippen LogP contribution < -0.4 is 0 Å². The van der Waals surface area contributed by atoms with E-state index in [1.165, 1.54) is 6.26 Å². The average Bonchev–Trinajstić information content (AvgIpc) is 2.38. The lowest BCUT2D eigenvalue weighted by Gasteiger charge is -2.11. The Morgan fingerprint density at radius 2 is 1.68 bits per heavy atom. The minimum Gasteiger partial charge on any atom is -0.260 e. The summed E-state index contributed by atoms with van der Waals surface area (Å²) >= 11 is 0. The number of hydrogen-bond donors (Lipinski definition) is 0. The molecule has 1 aromatic heterocycles. The summed E-state index contributed by atoms with van der Waals surface area (Å²) in [5, 5.41) is 0. The second-order valence-corrected chi connectivity index (χ2v) is 6.90. The number of sulfone groups is 1. The maximum atomic E-state index is 11.4. The molecule has 0 bridgehead atoms. The van der Waals surface area contributed by atoms with Gasteiger partial charge >= 0.3 is 0 Å². The SMILES string of the molecule is CC(C)c1ncccc1-c1ccc(S(C)(=O)=O)cc1. The highest BCUT2D eigenvalue weighted by Crippen LogP contribution is 2.27. The molecule has 0 spiro atoms. The van der Waals surface area contributed by atoms with Crippen molar-refractivity contribution in [2.24, 2.45) is 0 Å². The van der Waals surface area contributed by atoms with Crippen molar-refractivity contribution in [3.63, 3.8) is 0 Å². The third kappa shape index (κ3) is 3.01. The van der Waals surface area contributed by atoms with Crippen molar-refractivity contribution in [3.8, 4) is 11.1 Å². The van der Waals surface area contributed by atoms with E-state index in [0.29, 0.717) is 10.8 Å². The summed E-state index contributed by atoms with van der Waals surface area (Å²) in [4.78, 5) is 4.75. The van der Waals surface area contributed by atoms with Crippen LogP contribution in [-0.4, -0.2) is 19.7 Å². The Balaban J connectivity index is 2.49. The first-order chi connectivity index (χ1) is 8.89. The summed E-state index contributed by atoms with van der Waals surface area (Å²) in [5.74, 6) is 0.325. The predicted molar refractivity (Wildman–Crippen MR) is 76.9 cm³/mol. The van der Waals surface area contributed by atoms with Gasteiger partial charge in [0.1, 0.15) is 0 Å². The molecule has 0 amide bonds. The molecule has 1 aromatic carbocycles. The second kappa shape index (κ2) is 5.13. The first-order valence-electron chi connectivity index (χ1n) is 6.15. The number of pyridine rings is 1. The highest BCUT2D eigenvalue weighted by atomic mass is 32.2. The molecule has 2 rings (SSSR count). The van der Waals surface area contributed by atoms with E-state index in [-0.39, 0.29) is 0 Å². The molecule has 19 heavy (non-hydrogen) atoms. The second-order valence-electron chi connectivity index (χ2n) is 4.89. The number of nitrogens with zero attached hydrogens (tertiary/aromatic N) is 1. The zero-order valence-electron chi connectivity index (χ0n) is 11.3. The molecule has 0 saturated heterocycles. The topological polar surface area (TPSA) is 47.0 Å². The van der Waals surface area contributed by atoms with E-state index >= 15 is 0 Å². The molecule has 0 fully saturated rings. The van der Waals surface area contributed by atoms with Gasteiger partial charge in [-0.15, -0.1) is 0 Å². The summed E-state index contributed by atoms with van der Waals surface area (Å²) in [7, 11) is -3.14. The predicted octanol–water partition coefficient (Wildman–Crippen LogP) is 3.28. The molecule has 4 heteroatoms. The highest BCUT2D eigenvalue weighted by molar-refractivity contribution is 7.90. The Labute approximate surface area is 114 Å². The van der Waals surface area contributed by atoms with Crippen molar-refractivity contribution in [1.82, 2.24) is 4.98 Å². The van der Waals surface area contributed by atoms with Gasteiger partial charge < -0.3 is 0 Å². The first-order valence-corrected chi connectivity index (χ1v) is 8.04. The fraction of sp³-hybridized carbons (Fsp3) is 0.267. The summed E-state index contributed by atoms with van der Waals surface area (Å²) in [5.41, 5.74) is 3.07. The molecule has 3 nitrogen and oxygen atoms in total. The fourth-order valence-corrected chi connectivity index (χ4v) is 2.63. The first kappa shape index (κ1) is 13.7. The van der Waals surface area contributed by atoms with Gasteiger partial charge in [-0.1, -0.05) is 32.0 Å². The number of benzene rings is 1. The van der Waals surface area contributed by atoms with Gasteiger partial charge in [0.25, 0.3) is 0 Å². The van der Waals surface area contributed by atoms with Crippen molar-refractivity contribution in [2.75, 3.05) is 6.26 Å². The molecule has 0 aliphatic rings. The molecule has 100 valence electrons. The third-order valence-electron chi connectivity index (χ3n) is 2.98. The van der Waals surface area contributed by atoms with Crippen LogP contribution in [0.1, 0.15) is 25.5 Å². The van der Waals surface area contributed by atoms with E-state index in [1.54, 1.807) is 18.3 Å². The van der Waals surface area contributed by atoms with Gasteiger partial charge in [-0.2, -0.15) is 0 Å². The number of aromatic nitrogens is 1. The van der Waals surface area contributed by atoms with Gasteiger partial charge in [-0.3, -0.25) is 4.98 Å². The zero-order chi connectivity index (χ0) is 14.0. The van der Waals surface area contributed by atoms with Crippen LogP contribution in [0.5, 0.6) is 0 Å². The molecule has 0 aliphatic heterocycles. The fourth-order valence-electron chi connectivity index (χ4n) is 2.00. The lowest BCUT2D eigenvalue weighted by atomic mass is 9.98. The van der Waals surface area contributed by atoms with Crippen LogP contribution in [0.25, 0.3) is 11.1 Å². The summed E-state index contributed by atoms with van der Waals surface area (Å²) < 4.78 is 22.9. The van der Waals surface area contributed by atoms with Crippen molar-refractivity contribution >= 4 is 9.84 Å². The average molecular weight is 275 g/mol. The van der Waals surface area contributed by atoms with E-state index in [4.69, 9.17) is 0 Å². The van der Waals surface area contributed by atoms with Crippen LogP contribution in [0.15, 0.2) is 47.5 Å². The Hall–Kier alpha value is -1.68.